The Bertz CT molecular complexity index is 568. The van der Waals surface area contributed by atoms with Crippen molar-refractivity contribution in [3.05, 3.63) is 24.0 Å². The maximum absolute atomic E-state index is 13.0. The van der Waals surface area contributed by atoms with Crippen molar-refractivity contribution < 1.29 is 12.8 Å². The van der Waals surface area contributed by atoms with E-state index in [-0.39, 0.29) is 16.4 Å². The standard InChI is InChI=1S/C9H10FN3O2S/c1-2-9-12-16(14,15)8-5-6(10)3-4-7(8)13(9)11/h3-5H,2,11H2,1H3. The molecule has 1 aromatic carbocycles. The molecular formula is C9H10FN3O2S. The third-order valence-corrected chi connectivity index (χ3v) is 3.61. The van der Waals surface area contributed by atoms with Crippen LogP contribution in [0.2, 0.25) is 0 Å². The van der Waals surface area contributed by atoms with Crippen molar-refractivity contribution in [2.24, 2.45) is 10.2 Å². The predicted molar refractivity (Wildman–Crippen MR) is 58.0 cm³/mol. The van der Waals surface area contributed by atoms with Crippen molar-refractivity contribution in [2.75, 3.05) is 5.01 Å². The summed E-state index contributed by atoms with van der Waals surface area (Å²) in [7, 11) is -3.83. The lowest BCUT2D eigenvalue weighted by atomic mass is 10.3. The smallest absolute Gasteiger partial charge is 0.264 e. The van der Waals surface area contributed by atoms with Gasteiger partial charge in [-0.1, -0.05) is 6.92 Å². The maximum atomic E-state index is 13.0. The Hall–Kier alpha value is -1.47. The molecule has 0 unspecified atom stereocenters. The minimum Gasteiger partial charge on any atom is -0.264 e. The predicted octanol–water partition coefficient (Wildman–Crippen LogP) is 1.02. The number of sulfonamides is 1. The second-order valence-electron chi connectivity index (χ2n) is 3.32. The molecule has 86 valence electrons. The number of nitrogens with zero attached hydrogens (tertiary/aromatic N) is 2. The molecule has 0 saturated heterocycles. The van der Waals surface area contributed by atoms with Crippen LogP contribution in [0.15, 0.2) is 27.5 Å². The average molecular weight is 243 g/mol. The topological polar surface area (TPSA) is 75.8 Å². The van der Waals surface area contributed by atoms with Crippen LogP contribution in [0.3, 0.4) is 0 Å². The van der Waals surface area contributed by atoms with E-state index in [4.69, 9.17) is 5.84 Å². The monoisotopic (exact) mass is 243 g/mol. The zero-order valence-corrected chi connectivity index (χ0v) is 9.33. The number of anilines is 1. The second kappa shape index (κ2) is 3.53. The molecule has 0 radical (unpaired) electrons. The molecule has 5 nitrogen and oxygen atoms in total. The minimum atomic E-state index is -3.83. The van der Waals surface area contributed by atoms with Crippen LogP contribution in [-0.4, -0.2) is 14.3 Å². The Kier molecular flexibility index (Phi) is 2.43. The molecule has 0 aromatic heterocycles. The van der Waals surface area contributed by atoms with Crippen LogP contribution in [0.25, 0.3) is 0 Å². The molecule has 2 N–H and O–H groups in total. The van der Waals surface area contributed by atoms with E-state index in [1.54, 1.807) is 6.92 Å². The summed E-state index contributed by atoms with van der Waals surface area (Å²) in [4.78, 5) is -0.202. The van der Waals surface area contributed by atoms with Crippen LogP contribution in [0.4, 0.5) is 10.1 Å². The van der Waals surface area contributed by atoms with E-state index >= 15 is 0 Å². The Morgan fingerprint density at radius 1 is 1.50 bits per heavy atom. The number of halogens is 1. The molecule has 7 heteroatoms. The van der Waals surface area contributed by atoms with Gasteiger partial charge in [-0.2, -0.15) is 8.42 Å². The lowest BCUT2D eigenvalue weighted by Crippen LogP contribution is -2.41. The van der Waals surface area contributed by atoms with Gasteiger partial charge in [0.2, 0.25) is 0 Å². The van der Waals surface area contributed by atoms with Gasteiger partial charge in [-0.05, 0) is 18.2 Å². The third-order valence-electron chi connectivity index (χ3n) is 2.28. The number of fused-ring (bicyclic) bond motifs is 1. The summed E-state index contributed by atoms with van der Waals surface area (Å²) in [6.45, 7) is 1.74. The van der Waals surface area contributed by atoms with Gasteiger partial charge in [-0.25, -0.2) is 10.2 Å². The largest absolute Gasteiger partial charge is 0.286 e. The van der Waals surface area contributed by atoms with Gasteiger partial charge in [0.25, 0.3) is 10.0 Å². The summed E-state index contributed by atoms with van der Waals surface area (Å²) in [6, 6.07) is 3.40. The van der Waals surface area contributed by atoms with Crippen molar-refractivity contribution in [3.63, 3.8) is 0 Å². The van der Waals surface area contributed by atoms with Crippen molar-refractivity contribution in [1.29, 1.82) is 0 Å². The van der Waals surface area contributed by atoms with Crippen LogP contribution >= 0.6 is 0 Å². The summed E-state index contributed by atoms with van der Waals surface area (Å²) in [5.74, 6) is 5.29. The number of rotatable bonds is 1. The molecule has 2 rings (SSSR count). The number of benzene rings is 1. The van der Waals surface area contributed by atoms with Crippen molar-refractivity contribution >= 4 is 21.5 Å². The molecule has 0 spiro atoms. The second-order valence-corrected chi connectivity index (χ2v) is 4.89. The SMILES string of the molecule is CCC1=NS(=O)(=O)c2cc(F)ccc2N1N. The number of amidine groups is 1. The molecule has 1 aromatic rings. The quantitative estimate of drug-likeness (QED) is 0.747. The van der Waals surface area contributed by atoms with E-state index in [9.17, 15) is 12.8 Å². The molecule has 1 aliphatic rings. The number of nitrogens with two attached hydrogens (primary N) is 1. The fourth-order valence-corrected chi connectivity index (χ4v) is 2.78. The maximum Gasteiger partial charge on any atom is 0.286 e. The zero-order valence-electron chi connectivity index (χ0n) is 8.51. The summed E-state index contributed by atoms with van der Waals surface area (Å²) in [5.41, 5.74) is 0.244. The van der Waals surface area contributed by atoms with E-state index in [0.717, 1.165) is 17.1 Å². The van der Waals surface area contributed by atoms with Gasteiger partial charge >= 0.3 is 0 Å². The lowest BCUT2D eigenvalue weighted by Gasteiger charge is -2.25. The van der Waals surface area contributed by atoms with Crippen LogP contribution in [0, 0.1) is 5.82 Å². The molecule has 0 amide bonds. The normalized spacial score (nSPS) is 17.9. The van der Waals surface area contributed by atoms with Gasteiger partial charge in [0, 0.05) is 6.42 Å². The van der Waals surface area contributed by atoms with Gasteiger partial charge in [-0.3, -0.25) is 5.01 Å². The van der Waals surface area contributed by atoms with Crippen molar-refractivity contribution in [2.45, 2.75) is 18.2 Å². The average Bonchev–Trinajstić information content (AvgIpc) is 2.23. The number of hydrogen-bond donors (Lipinski definition) is 1. The minimum absolute atomic E-state index is 0.202. The highest BCUT2D eigenvalue weighted by Crippen LogP contribution is 2.30. The molecule has 0 fully saturated rings. The van der Waals surface area contributed by atoms with E-state index in [0.29, 0.717) is 6.42 Å². The van der Waals surface area contributed by atoms with Crippen molar-refractivity contribution in [1.82, 2.24) is 0 Å². The third kappa shape index (κ3) is 1.57. The highest BCUT2D eigenvalue weighted by atomic mass is 32.2. The van der Waals surface area contributed by atoms with E-state index in [1.807, 2.05) is 0 Å². The zero-order chi connectivity index (χ0) is 11.9. The van der Waals surface area contributed by atoms with E-state index in [2.05, 4.69) is 4.40 Å². The first-order chi connectivity index (χ1) is 7.45. The Balaban J connectivity index is 2.72. The highest BCUT2D eigenvalue weighted by molar-refractivity contribution is 7.90. The molecule has 16 heavy (non-hydrogen) atoms. The fourth-order valence-electron chi connectivity index (χ4n) is 1.50. The van der Waals surface area contributed by atoms with Gasteiger partial charge in [0.15, 0.2) is 0 Å². The van der Waals surface area contributed by atoms with Crippen LogP contribution < -0.4 is 10.9 Å². The van der Waals surface area contributed by atoms with Crippen LogP contribution in [-0.2, 0) is 10.0 Å². The molecule has 0 saturated carbocycles. The van der Waals surface area contributed by atoms with Gasteiger partial charge in [0.1, 0.15) is 16.5 Å². The van der Waals surface area contributed by atoms with Crippen molar-refractivity contribution in [3.8, 4) is 0 Å². The first kappa shape index (κ1) is 11.0. The first-order valence-electron chi connectivity index (χ1n) is 4.64. The van der Waals surface area contributed by atoms with Gasteiger partial charge in [-0.15, -0.1) is 4.40 Å². The Morgan fingerprint density at radius 2 is 2.19 bits per heavy atom. The summed E-state index contributed by atoms with van der Waals surface area (Å²) >= 11 is 0. The van der Waals surface area contributed by atoms with Gasteiger partial charge in [0.05, 0.1) is 5.69 Å². The molecule has 0 aliphatic carbocycles. The fraction of sp³-hybridized carbons (Fsp3) is 0.222. The van der Waals surface area contributed by atoms with Crippen LogP contribution in [0.1, 0.15) is 13.3 Å². The first-order valence-corrected chi connectivity index (χ1v) is 6.08. The highest BCUT2D eigenvalue weighted by Gasteiger charge is 2.28. The number of hydrazine groups is 1. The Morgan fingerprint density at radius 3 is 2.81 bits per heavy atom. The van der Waals surface area contributed by atoms with E-state index < -0.39 is 15.8 Å². The van der Waals surface area contributed by atoms with Gasteiger partial charge < -0.3 is 0 Å². The van der Waals surface area contributed by atoms with Crippen LogP contribution in [0.5, 0.6) is 0 Å². The molecule has 1 heterocycles. The summed E-state index contributed by atoms with van der Waals surface area (Å²) in [6.07, 6.45) is 0.381. The van der Waals surface area contributed by atoms with E-state index in [1.165, 1.54) is 6.07 Å². The molecular weight excluding hydrogens is 233 g/mol. The molecule has 1 aliphatic heterocycles. The Labute approximate surface area is 92.4 Å². The summed E-state index contributed by atoms with van der Waals surface area (Å²) in [5, 5.41) is 1.16. The molecule has 0 bridgehead atoms. The summed E-state index contributed by atoms with van der Waals surface area (Å²) < 4.78 is 39.9. The lowest BCUT2D eigenvalue weighted by molar-refractivity contribution is 0.591. The molecule has 0 atom stereocenters. The number of hydrogen-bond acceptors (Lipinski definition) is 4.